The third-order valence-electron chi connectivity index (χ3n) is 3.65. The highest BCUT2D eigenvalue weighted by Gasteiger charge is 2.04. The molecule has 0 heterocycles. The maximum atomic E-state index is 11.9. The molecule has 0 bridgehead atoms. The van der Waals surface area contributed by atoms with Gasteiger partial charge < -0.3 is 10.6 Å². The van der Waals surface area contributed by atoms with E-state index < -0.39 is 0 Å². The summed E-state index contributed by atoms with van der Waals surface area (Å²) in [7, 11) is 0. The van der Waals surface area contributed by atoms with E-state index in [2.05, 4.69) is 34.9 Å². The first-order valence-corrected chi connectivity index (χ1v) is 8.33. The fourth-order valence-corrected chi connectivity index (χ4v) is 2.60. The lowest BCUT2D eigenvalue weighted by Gasteiger charge is -2.09. The lowest BCUT2D eigenvalue weighted by molar-refractivity contribution is -0.116. The minimum Gasteiger partial charge on any atom is -0.326 e. The monoisotopic (exact) mass is 330 g/mol. The zero-order valence-corrected chi connectivity index (χ0v) is 14.2. The minimum absolute atomic E-state index is 0.0194. The molecule has 2 aromatic carbocycles. The van der Waals surface area contributed by atoms with Crippen LogP contribution in [0, 0.1) is 6.92 Å². The van der Waals surface area contributed by atoms with Gasteiger partial charge in [-0.3, -0.25) is 4.79 Å². The molecule has 0 aliphatic carbocycles. The molecule has 0 saturated heterocycles. The Morgan fingerprint density at radius 1 is 1.09 bits per heavy atom. The van der Waals surface area contributed by atoms with Gasteiger partial charge in [0.05, 0.1) is 0 Å². The molecule has 0 aliphatic heterocycles. The number of hydrogen-bond donors (Lipinski definition) is 2. The number of anilines is 1. The van der Waals surface area contributed by atoms with Crippen molar-refractivity contribution in [3.05, 3.63) is 64.7 Å². The predicted octanol–water partition coefficient (Wildman–Crippen LogP) is 4.20. The van der Waals surface area contributed by atoms with Crippen molar-refractivity contribution in [1.82, 2.24) is 5.32 Å². The molecule has 4 heteroatoms. The van der Waals surface area contributed by atoms with E-state index in [1.54, 1.807) is 6.07 Å². The van der Waals surface area contributed by atoms with Crippen LogP contribution in [0.3, 0.4) is 0 Å². The Morgan fingerprint density at radius 3 is 2.61 bits per heavy atom. The van der Waals surface area contributed by atoms with E-state index in [0.717, 1.165) is 30.6 Å². The van der Waals surface area contributed by atoms with Gasteiger partial charge in [0.25, 0.3) is 0 Å². The molecule has 23 heavy (non-hydrogen) atoms. The van der Waals surface area contributed by atoms with Gasteiger partial charge in [-0.1, -0.05) is 41.9 Å². The van der Waals surface area contributed by atoms with Crippen molar-refractivity contribution in [3.8, 4) is 0 Å². The maximum Gasteiger partial charge on any atom is 0.225 e. The van der Waals surface area contributed by atoms with Crippen LogP contribution in [-0.4, -0.2) is 19.0 Å². The first-order chi connectivity index (χ1) is 11.1. The van der Waals surface area contributed by atoms with E-state index >= 15 is 0 Å². The molecule has 0 saturated carbocycles. The molecule has 0 aliphatic rings. The van der Waals surface area contributed by atoms with Gasteiger partial charge in [-0.05, 0) is 55.6 Å². The Bertz CT molecular complexity index is 629. The smallest absolute Gasteiger partial charge is 0.225 e. The Kier molecular flexibility index (Phi) is 7.11. The van der Waals surface area contributed by atoms with Crippen LogP contribution in [0.4, 0.5) is 5.69 Å². The number of carbonyl (C=O) groups excluding carboxylic acids is 1. The summed E-state index contributed by atoms with van der Waals surface area (Å²) in [6.07, 6.45) is 2.60. The van der Waals surface area contributed by atoms with Crippen LogP contribution >= 0.6 is 11.6 Å². The highest BCUT2D eigenvalue weighted by molar-refractivity contribution is 6.30. The van der Waals surface area contributed by atoms with Crippen LogP contribution in [0.2, 0.25) is 5.02 Å². The summed E-state index contributed by atoms with van der Waals surface area (Å²) in [6.45, 7) is 3.54. The van der Waals surface area contributed by atoms with Crippen molar-refractivity contribution in [2.24, 2.45) is 0 Å². The van der Waals surface area contributed by atoms with Gasteiger partial charge in [-0.25, -0.2) is 0 Å². The molecule has 0 unspecified atom stereocenters. The van der Waals surface area contributed by atoms with Crippen molar-refractivity contribution in [2.75, 3.05) is 18.4 Å². The molecule has 1 amide bonds. The Labute approximate surface area is 143 Å². The molecule has 0 radical (unpaired) electrons. The van der Waals surface area contributed by atoms with Gasteiger partial charge >= 0.3 is 0 Å². The van der Waals surface area contributed by atoms with Crippen molar-refractivity contribution in [3.63, 3.8) is 0 Å². The maximum absolute atomic E-state index is 11.9. The summed E-state index contributed by atoms with van der Waals surface area (Å²) >= 11 is 5.91. The summed E-state index contributed by atoms with van der Waals surface area (Å²) in [5.74, 6) is 0.0194. The zero-order chi connectivity index (χ0) is 16.5. The molecule has 2 aromatic rings. The lowest BCUT2D eigenvalue weighted by Crippen LogP contribution is -2.23. The quantitative estimate of drug-likeness (QED) is 0.712. The minimum atomic E-state index is 0.0194. The predicted molar refractivity (Wildman–Crippen MR) is 97.1 cm³/mol. The van der Waals surface area contributed by atoms with Crippen LogP contribution in [0.1, 0.15) is 24.0 Å². The summed E-state index contributed by atoms with van der Waals surface area (Å²) in [4.78, 5) is 11.9. The average Bonchev–Trinajstić information content (AvgIpc) is 2.54. The number of rotatable bonds is 8. The summed E-state index contributed by atoms with van der Waals surface area (Å²) in [5, 5.41) is 6.91. The second-order valence-electron chi connectivity index (χ2n) is 5.60. The first-order valence-electron chi connectivity index (χ1n) is 7.96. The second kappa shape index (κ2) is 9.33. The number of nitrogens with one attached hydrogen (secondary N) is 2. The van der Waals surface area contributed by atoms with Gasteiger partial charge in [0, 0.05) is 23.7 Å². The second-order valence-corrected chi connectivity index (χ2v) is 6.03. The molecule has 0 fully saturated rings. The number of hydrogen-bond acceptors (Lipinski definition) is 2. The average molecular weight is 331 g/mol. The number of carbonyl (C=O) groups is 1. The molecule has 0 atom stereocenters. The SMILES string of the molecule is Cc1cc(Cl)ccc1NC(=O)CCNCCCc1ccccc1. The van der Waals surface area contributed by atoms with Gasteiger partial charge in [0.1, 0.15) is 0 Å². The van der Waals surface area contributed by atoms with Gasteiger partial charge in [-0.15, -0.1) is 0 Å². The Hall–Kier alpha value is -1.84. The Morgan fingerprint density at radius 2 is 1.87 bits per heavy atom. The molecule has 2 N–H and O–H groups in total. The number of amides is 1. The van der Waals surface area contributed by atoms with Crippen LogP contribution in [-0.2, 0) is 11.2 Å². The third-order valence-corrected chi connectivity index (χ3v) is 3.89. The van der Waals surface area contributed by atoms with E-state index in [1.165, 1.54) is 5.56 Å². The van der Waals surface area contributed by atoms with E-state index in [0.29, 0.717) is 18.0 Å². The number of benzene rings is 2. The molecule has 3 nitrogen and oxygen atoms in total. The fourth-order valence-electron chi connectivity index (χ4n) is 2.37. The normalized spacial score (nSPS) is 10.5. The number of halogens is 1. The fraction of sp³-hybridized carbons (Fsp3) is 0.316. The van der Waals surface area contributed by atoms with Gasteiger partial charge in [0.2, 0.25) is 5.91 Å². The third kappa shape index (κ3) is 6.43. The van der Waals surface area contributed by atoms with Crippen molar-refractivity contribution in [2.45, 2.75) is 26.2 Å². The summed E-state index contributed by atoms with van der Waals surface area (Å²) < 4.78 is 0. The molecule has 0 aromatic heterocycles. The van der Waals surface area contributed by atoms with Crippen molar-refractivity contribution < 1.29 is 4.79 Å². The first kappa shape index (κ1) is 17.5. The summed E-state index contributed by atoms with van der Waals surface area (Å²) in [6, 6.07) is 15.9. The van der Waals surface area contributed by atoms with E-state index in [9.17, 15) is 4.79 Å². The van der Waals surface area contributed by atoms with Gasteiger partial charge in [0.15, 0.2) is 0 Å². The highest BCUT2D eigenvalue weighted by Crippen LogP contribution is 2.19. The van der Waals surface area contributed by atoms with Crippen LogP contribution in [0.15, 0.2) is 48.5 Å². The Balaban J connectivity index is 1.59. The van der Waals surface area contributed by atoms with Crippen LogP contribution < -0.4 is 10.6 Å². The molecular formula is C19H23ClN2O. The van der Waals surface area contributed by atoms with Crippen molar-refractivity contribution in [1.29, 1.82) is 0 Å². The largest absolute Gasteiger partial charge is 0.326 e. The molecule has 2 rings (SSSR count). The lowest BCUT2D eigenvalue weighted by atomic mass is 10.1. The van der Waals surface area contributed by atoms with E-state index in [4.69, 9.17) is 11.6 Å². The van der Waals surface area contributed by atoms with Gasteiger partial charge in [-0.2, -0.15) is 0 Å². The molecule has 0 spiro atoms. The number of aryl methyl sites for hydroxylation is 2. The van der Waals surface area contributed by atoms with Crippen molar-refractivity contribution >= 4 is 23.2 Å². The molecular weight excluding hydrogens is 308 g/mol. The standard InChI is InChI=1S/C19H23ClN2O/c1-15-14-17(20)9-10-18(15)22-19(23)11-13-21-12-5-8-16-6-3-2-4-7-16/h2-4,6-7,9-10,14,21H,5,8,11-13H2,1H3,(H,22,23). The van der Waals surface area contributed by atoms with Crippen LogP contribution in [0.5, 0.6) is 0 Å². The summed E-state index contributed by atoms with van der Waals surface area (Å²) in [5.41, 5.74) is 3.15. The van der Waals surface area contributed by atoms with Crippen LogP contribution in [0.25, 0.3) is 0 Å². The van der Waals surface area contributed by atoms with E-state index in [-0.39, 0.29) is 5.91 Å². The highest BCUT2D eigenvalue weighted by atomic mass is 35.5. The topological polar surface area (TPSA) is 41.1 Å². The zero-order valence-electron chi connectivity index (χ0n) is 13.4. The molecule has 122 valence electrons. The van der Waals surface area contributed by atoms with E-state index in [1.807, 2.05) is 25.1 Å².